The predicted molar refractivity (Wildman–Crippen MR) is 50.5 cm³/mol. The van der Waals surface area contributed by atoms with Crippen molar-refractivity contribution in [3.63, 3.8) is 0 Å². The van der Waals surface area contributed by atoms with E-state index in [0.717, 1.165) is 6.42 Å². The van der Waals surface area contributed by atoms with Gasteiger partial charge in [0, 0.05) is 18.9 Å². The minimum atomic E-state index is -0.0400. The van der Waals surface area contributed by atoms with Gasteiger partial charge in [-0.15, -0.1) is 0 Å². The summed E-state index contributed by atoms with van der Waals surface area (Å²) in [5.74, 6) is -0.0400. The van der Waals surface area contributed by atoms with Crippen LogP contribution < -0.4 is 5.32 Å². The average Bonchev–Trinajstić information content (AvgIpc) is 2.48. The number of carbonyl (C=O) groups excluding carboxylic acids is 1. The Kier molecular flexibility index (Phi) is 3.76. The summed E-state index contributed by atoms with van der Waals surface area (Å²) in [4.78, 5) is 15.0. The van der Waals surface area contributed by atoms with Crippen molar-refractivity contribution in [2.75, 3.05) is 6.54 Å². The summed E-state index contributed by atoms with van der Waals surface area (Å²) in [7, 11) is 0. The molecular formula is C8H12ClN3O. The first kappa shape index (κ1) is 10.1. The molecule has 5 heteroatoms. The maximum Gasteiger partial charge on any atom is 0.240 e. The van der Waals surface area contributed by atoms with Gasteiger partial charge in [0.25, 0.3) is 0 Å². The Bertz CT molecular complexity index is 285. The average molecular weight is 202 g/mol. The van der Waals surface area contributed by atoms with Gasteiger partial charge in [0.05, 0.1) is 0 Å². The molecule has 72 valence electrons. The van der Waals surface area contributed by atoms with Crippen LogP contribution in [0.15, 0.2) is 12.4 Å². The molecule has 1 aromatic heterocycles. The van der Waals surface area contributed by atoms with Crippen LogP contribution in [0.25, 0.3) is 0 Å². The van der Waals surface area contributed by atoms with E-state index in [9.17, 15) is 4.79 Å². The molecule has 13 heavy (non-hydrogen) atoms. The molecule has 0 aliphatic carbocycles. The van der Waals surface area contributed by atoms with Gasteiger partial charge < -0.3 is 9.88 Å². The first-order valence-corrected chi connectivity index (χ1v) is 4.55. The van der Waals surface area contributed by atoms with E-state index >= 15 is 0 Å². The molecule has 1 amide bonds. The fraction of sp³-hybridized carbons (Fsp3) is 0.500. The van der Waals surface area contributed by atoms with Gasteiger partial charge in [-0.3, -0.25) is 4.79 Å². The van der Waals surface area contributed by atoms with Gasteiger partial charge in [0.15, 0.2) is 0 Å². The zero-order valence-electron chi connectivity index (χ0n) is 7.46. The Labute approximate surface area is 81.9 Å². The van der Waals surface area contributed by atoms with Gasteiger partial charge in [-0.25, -0.2) is 4.98 Å². The van der Waals surface area contributed by atoms with E-state index in [2.05, 4.69) is 10.3 Å². The van der Waals surface area contributed by atoms with Gasteiger partial charge >= 0.3 is 0 Å². The zero-order valence-corrected chi connectivity index (χ0v) is 8.21. The number of hydrogen-bond acceptors (Lipinski definition) is 2. The quantitative estimate of drug-likeness (QED) is 0.792. The lowest BCUT2D eigenvalue weighted by Crippen LogP contribution is -2.27. The van der Waals surface area contributed by atoms with Crippen molar-refractivity contribution in [2.45, 2.75) is 19.9 Å². The van der Waals surface area contributed by atoms with Crippen molar-refractivity contribution in [2.24, 2.45) is 0 Å². The zero-order chi connectivity index (χ0) is 9.68. The summed E-state index contributed by atoms with van der Waals surface area (Å²) in [6.45, 7) is 2.94. The van der Waals surface area contributed by atoms with Crippen LogP contribution in [0.1, 0.15) is 13.3 Å². The van der Waals surface area contributed by atoms with E-state index in [1.807, 2.05) is 6.92 Å². The Hall–Kier alpha value is -1.03. The van der Waals surface area contributed by atoms with Gasteiger partial charge in [-0.2, -0.15) is 0 Å². The van der Waals surface area contributed by atoms with Crippen LogP contribution in [-0.2, 0) is 11.3 Å². The third kappa shape index (κ3) is 3.06. The summed E-state index contributed by atoms with van der Waals surface area (Å²) in [6.07, 6.45) is 4.17. The minimum absolute atomic E-state index is 0.0400. The van der Waals surface area contributed by atoms with Crippen LogP contribution in [0.2, 0.25) is 5.28 Å². The highest BCUT2D eigenvalue weighted by atomic mass is 35.5. The van der Waals surface area contributed by atoms with E-state index < -0.39 is 0 Å². The fourth-order valence-corrected chi connectivity index (χ4v) is 1.08. The number of amides is 1. The number of hydrogen-bond donors (Lipinski definition) is 1. The van der Waals surface area contributed by atoms with Gasteiger partial charge in [-0.1, -0.05) is 6.92 Å². The van der Waals surface area contributed by atoms with Crippen LogP contribution in [0.5, 0.6) is 0 Å². The molecule has 4 nitrogen and oxygen atoms in total. The standard InChI is InChI=1S/C8H12ClN3O/c1-2-3-10-7(13)6-12-5-4-11-8(12)9/h4-5H,2-3,6H2,1H3,(H,10,13). The van der Waals surface area contributed by atoms with Crippen molar-refractivity contribution in [3.05, 3.63) is 17.7 Å². The molecule has 1 N–H and O–H groups in total. The number of rotatable bonds is 4. The molecule has 0 saturated heterocycles. The number of nitrogens with zero attached hydrogens (tertiary/aromatic N) is 2. The van der Waals surface area contributed by atoms with E-state index in [1.54, 1.807) is 17.0 Å². The maximum atomic E-state index is 11.2. The minimum Gasteiger partial charge on any atom is -0.355 e. The summed E-state index contributed by atoms with van der Waals surface area (Å²) < 4.78 is 1.59. The molecule has 0 saturated carbocycles. The third-order valence-corrected chi connectivity index (χ3v) is 1.87. The van der Waals surface area contributed by atoms with E-state index in [0.29, 0.717) is 11.8 Å². The Morgan fingerprint density at radius 1 is 1.77 bits per heavy atom. The molecule has 1 rings (SSSR count). The van der Waals surface area contributed by atoms with Crippen molar-refractivity contribution in [1.82, 2.24) is 14.9 Å². The Morgan fingerprint density at radius 2 is 2.54 bits per heavy atom. The van der Waals surface area contributed by atoms with E-state index in [4.69, 9.17) is 11.6 Å². The number of nitrogens with one attached hydrogen (secondary N) is 1. The first-order chi connectivity index (χ1) is 6.24. The summed E-state index contributed by atoms with van der Waals surface area (Å²) in [5, 5.41) is 3.09. The largest absolute Gasteiger partial charge is 0.355 e. The molecule has 0 aromatic carbocycles. The number of halogens is 1. The first-order valence-electron chi connectivity index (χ1n) is 4.17. The molecule has 0 fully saturated rings. The van der Waals surface area contributed by atoms with Crippen molar-refractivity contribution >= 4 is 17.5 Å². The summed E-state index contributed by atoms with van der Waals surface area (Å²) in [6, 6.07) is 0. The fourth-order valence-electron chi connectivity index (χ4n) is 0.904. The van der Waals surface area contributed by atoms with Gasteiger partial charge in [0.1, 0.15) is 6.54 Å². The summed E-state index contributed by atoms with van der Waals surface area (Å²) >= 11 is 5.69. The highest BCUT2D eigenvalue weighted by Gasteiger charge is 2.04. The lowest BCUT2D eigenvalue weighted by molar-refractivity contribution is -0.121. The maximum absolute atomic E-state index is 11.2. The molecule has 0 bridgehead atoms. The van der Waals surface area contributed by atoms with Crippen LogP contribution in [0, 0.1) is 0 Å². The van der Waals surface area contributed by atoms with Crippen LogP contribution >= 0.6 is 11.6 Å². The lowest BCUT2D eigenvalue weighted by atomic mass is 10.4. The number of aromatic nitrogens is 2. The summed E-state index contributed by atoms with van der Waals surface area (Å²) in [5.41, 5.74) is 0. The second kappa shape index (κ2) is 4.87. The molecule has 0 unspecified atom stereocenters. The molecule has 0 radical (unpaired) electrons. The molecule has 0 spiro atoms. The third-order valence-electron chi connectivity index (χ3n) is 1.55. The Morgan fingerprint density at radius 3 is 3.08 bits per heavy atom. The Balaban J connectivity index is 2.41. The molecule has 0 aliphatic rings. The SMILES string of the molecule is CCCNC(=O)Cn1ccnc1Cl. The van der Waals surface area contributed by atoms with Crippen LogP contribution in [0.3, 0.4) is 0 Å². The van der Waals surface area contributed by atoms with Crippen molar-refractivity contribution in [3.8, 4) is 0 Å². The topological polar surface area (TPSA) is 46.9 Å². The normalized spacial score (nSPS) is 10.0. The number of imidazole rings is 1. The van der Waals surface area contributed by atoms with E-state index in [1.165, 1.54) is 0 Å². The molecule has 0 aliphatic heterocycles. The van der Waals surface area contributed by atoms with Gasteiger partial charge in [0.2, 0.25) is 11.2 Å². The predicted octanol–water partition coefficient (Wildman–Crippen LogP) is 1.06. The second-order valence-corrected chi connectivity index (χ2v) is 3.01. The molecule has 1 aromatic rings. The van der Waals surface area contributed by atoms with Crippen molar-refractivity contribution in [1.29, 1.82) is 0 Å². The van der Waals surface area contributed by atoms with Crippen LogP contribution in [-0.4, -0.2) is 22.0 Å². The number of carbonyl (C=O) groups is 1. The molecule has 0 atom stereocenters. The van der Waals surface area contributed by atoms with Gasteiger partial charge in [-0.05, 0) is 18.0 Å². The lowest BCUT2D eigenvalue weighted by Gasteiger charge is -2.04. The van der Waals surface area contributed by atoms with Crippen LogP contribution in [0.4, 0.5) is 0 Å². The highest BCUT2D eigenvalue weighted by Crippen LogP contribution is 2.03. The molecular weight excluding hydrogens is 190 g/mol. The second-order valence-electron chi connectivity index (χ2n) is 2.67. The highest BCUT2D eigenvalue weighted by molar-refractivity contribution is 6.28. The molecule has 1 heterocycles. The monoisotopic (exact) mass is 201 g/mol. The van der Waals surface area contributed by atoms with Crippen molar-refractivity contribution < 1.29 is 4.79 Å². The smallest absolute Gasteiger partial charge is 0.240 e. The van der Waals surface area contributed by atoms with E-state index in [-0.39, 0.29) is 12.5 Å².